The van der Waals surface area contributed by atoms with Crippen molar-refractivity contribution in [1.29, 1.82) is 0 Å². The summed E-state index contributed by atoms with van der Waals surface area (Å²) in [5.41, 5.74) is 3.21. The van der Waals surface area contributed by atoms with E-state index in [0.29, 0.717) is 0 Å². The predicted molar refractivity (Wildman–Crippen MR) is 174 cm³/mol. The zero-order valence-electron chi connectivity index (χ0n) is 23.8. The lowest BCUT2D eigenvalue weighted by Gasteiger charge is -2.48. The van der Waals surface area contributed by atoms with Crippen LogP contribution in [0, 0.1) is 0 Å². The van der Waals surface area contributed by atoms with Crippen molar-refractivity contribution < 1.29 is 5.11 Å². The van der Waals surface area contributed by atoms with Gasteiger partial charge in [0.05, 0.1) is 11.6 Å². The molecule has 0 bridgehead atoms. The Balaban J connectivity index is 1.48. The van der Waals surface area contributed by atoms with Crippen LogP contribution in [-0.2, 0) is 5.54 Å². The second-order valence-corrected chi connectivity index (χ2v) is 15.8. The lowest BCUT2D eigenvalue weighted by molar-refractivity contribution is 0.0431. The Labute approximate surface area is 246 Å². The number of rotatable bonds is 9. The Bertz CT molecular complexity index is 1370. The topological polar surface area (TPSA) is 23.5 Å². The van der Waals surface area contributed by atoms with Crippen molar-refractivity contribution in [1.82, 2.24) is 4.90 Å². The molecule has 1 fully saturated rings. The van der Waals surface area contributed by atoms with Gasteiger partial charge in [-0.1, -0.05) is 169 Å². The first kappa shape index (κ1) is 27.4. The van der Waals surface area contributed by atoms with Crippen LogP contribution in [0.2, 0.25) is 12.6 Å². The first-order valence-electron chi connectivity index (χ1n) is 14.9. The highest BCUT2D eigenvalue weighted by molar-refractivity contribution is 7.01. The van der Waals surface area contributed by atoms with Crippen molar-refractivity contribution in [3.8, 4) is 0 Å². The Hall–Kier alpha value is -3.76. The number of likely N-dealkylation sites (tertiary alicyclic amines) is 1. The van der Waals surface area contributed by atoms with Crippen molar-refractivity contribution in [2.75, 3.05) is 6.54 Å². The highest BCUT2D eigenvalue weighted by Gasteiger charge is 2.49. The molecule has 0 radical (unpaired) electrons. The summed E-state index contributed by atoms with van der Waals surface area (Å²) in [7, 11) is -2.24. The quantitative estimate of drug-likeness (QED) is 0.162. The van der Waals surface area contributed by atoms with E-state index in [1.165, 1.54) is 27.1 Å². The summed E-state index contributed by atoms with van der Waals surface area (Å²) in [4.78, 5) is 2.63. The molecule has 0 amide bonds. The summed E-state index contributed by atoms with van der Waals surface area (Å²) in [5, 5.41) is 15.1. The summed E-state index contributed by atoms with van der Waals surface area (Å²) in [6.45, 7) is 3.36. The molecule has 6 rings (SSSR count). The maximum atomic E-state index is 12.4. The molecule has 1 unspecified atom stereocenters. The second kappa shape index (κ2) is 12.0. The van der Waals surface area contributed by atoms with Gasteiger partial charge < -0.3 is 5.11 Å². The van der Waals surface area contributed by atoms with Gasteiger partial charge in [0.2, 0.25) is 0 Å². The van der Waals surface area contributed by atoms with Crippen LogP contribution in [0.5, 0.6) is 0 Å². The molecule has 5 aromatic carbocycles. The molecule has 0 aromatic heterocycles. The van der Waals surface area contributed by atoms with E-state index in [4.69, 9.17) is 0 Å². The zero-order chi connectivity index (χ0) is 28.1. The van der Waals surface area contributed by atoms with Gasteiger partial charge in [-0.15, -0.1) is 0 Å². The van der Waals surface area contributed by atoms with E-state index in [2.05, 4.69) is 163 Å². The van der Waals surface area contributed by atoms with Crippen LogP contribution in [0.25, 0.3) is 0 Å². The van der Waals surface area contributed by atoms with Gasteiger partial charge in [0.1, 0.15) is 8.07 Å². The Morgan fingerprint density at radius 1 is 0.634 bits per heavy atom. The molecule has 0 saturated carbocycles. The summed E-state index contributed by atoms with van der Waals surface area (Å²) in [6, 6.07) is 55.3. The van der Waals surface area contributed by atoms with Gasteiger partial charge in [-0.3, -0.25) is 4.90 Å². The zero-order valence-corrected chi connectivity index (χ0v) is 24.8. The molecule has 1 aliphatic rings. The molecule has 5 aromatic rings. The molecule has 206 valence electrons. The van der Waals surface area contributed by atoms with Gasteiger partial charge in [0.15, 0.2) is 0 Å². The maximum Gasteiger partial charge on any atom is 0.117 e. The van der Waals surface area contributed by atoms with Gasteiger partial charge in [-0.05, 0) is 35.6 Å². The van der Waals surface area contributed by atoms with Crippen LogP contribution in [-0.4, -0.2) is 36.8 Å². The maximum absolute atomic E-state index is 12.4. The predicted octanol–water partition coefficient (Wildman–Crippen LogP) is 6.70. The fourth-order valence-electron chi connectivity index (χ4n) is 7.21. The minimum absolute atomic E-state index is 0.0230. The summed E-state index contributed by atoms with van der Waals surface area (Å²) in [6.07, 6.45) is 1.57. The third-order valence-corrected chi connectivity index (χ3v) is 13.6. The normalized spacial score (nSPS) is 16.9. The SMILES string of the molecule is C[Si](CC(O)[C@H]1CCCN1C(c1ccccc1)(c1ccccc1)c1ccccc1)(c1ccccc1)c1ccccc1. The van der Waals surface area contributed by atoms with E-state index >= 15 is 0 Å². The molecule has 1 saturated heterocycles. The lowest BCUT2D eigenvalue weighted by Crippen LogP contribution is -2.60. The van der Waals surface area contributed by atoms with Crippen LogP contribution >= 0.6 is 0 Å². The Morgan fingerprint density at radius 3 is 1.39 bits per heavy atom. The van der Waals surface area contributed by atoms with Crippen molar-refractivity contribution in [3.05, 3.63) is 168 Å². The van der Waals surface area contributed by atoms with Crippen LogP contribution in [0.3, 0.4) is 0 Å². The largest absolute Gasteiger partial charge is 0.392 e. The van der Waals surface area contributed by atoms with E-state index in [-0.39, 0.29) is 6.04 Å². The fraction of sp³-hybridized carbons (Fsp3) is 0.211. The van der Waals surface area contributed by atoms with Crippen LogP contribution < -0.4 is 10.4 Å². The molecule has 1 aliphatic heterocycles. The molecule has 41 heavy (non-hydrogen) atoms. The van der Waals surface area contributed by atoms with Gasteiger partial charge >= 0.3 is 0 Å². The van der Waals surface area contributed by atoms with E-state index in [9.17, 15) is 5.11 Å². The second-order valence-electron chi connectivity index (χ2n) is 11.5. The molecule has 3 heteroatoms. The van der Waals surface area contributed by atoms with Crippen LogP contribution in [0.4, 0.5) is 0 Å². The minimum Gasteiger partial charge on any atom is -0.392 e. The molecular formula is C38H39NOSi. The molecular weight excluding hydrogens is 515 g/mol. The average molecular weight is 554 g/mol. The highest BCUT2D eigenvalue weighted by atomic mass is 28.3. The summed E-state index contributed by atoms with van der Waals surface area (Å²) in [5.74, 6) is 0. The number of aliphatic hydroxyl groups excluding tert-OH is 1. The van der Waals surface area contributed by atoms with Crippen molar-refractivity contribution in [2.24, 2.45) is 0 Å². The third kappa shape index (κ3) is 5.10. The van der Waals surface area contributed by atoms with Crippen molar-refractivity contribution >= 4 is 18.4 Å². The Kier molecular flexibility index (Phi) is 8.02. The van der Waals surface area contributed by atoms with Gasteiger partial charge in [-0.25, -0.2) is 0 Å². The number of nitrogens with zero attached hydrogens (tertiary/aromatic N) is 1. The number of aliphatic hydroxyl groups is 1. The average Bonchev–Trinajstić information content (AvgIpc) is 3.54. The molecule has 0 spiro atoms. The van der Waals surface area contributed by atoms with E-state index in [0.717, 1.165) is 25.4 Å². The lowest BCUT2D eigenvalue weighted by atomic mass is 9.75. The van der Waals surface area contributed by atoms with E-state index < -0.39 is 19.7 Å². The standard InChI is InChI=1S/C38H39NOSi/c1-41(34-24-13-5-14-25-34,35-26-15-6-16-27-35)30-37(40)36-28-17-29-39(36)38(31-18-7-2-8-19-31,32-20-9-3-10-21-32)33-22-11-4-12-23-33/h2-16,18-27,36-37,40H,17,28-30H2,1H3/t36-,37?/m1/s1. The van der Waals surface area contributed by atoms with Crippen molar-refractivity contribution in [3.63, 3.8) is 0 Å². The fourth-order valence-corrected chi connectivity index (χ4v) is 11.0. The molecule has 1 N–H and O–H groups in total. The van der Waals surface area contributed by atoms with Gasteiger partial charge in [-0.2, -0.15) is 0 Å². The van der Waals surface area contributed by atoms with Gasteiger partial charge in [0, 0.05) is 12.6 Å². The monoisotopic (exact) mass is 553 g/mol. The molecule has 0 aliphatic carbocycles. The molecule has 2 nitrogen and oxygen atoms in total. The molecule has 1 heterocycles. The highest BCUT2D eigenvalue weighted by Crippen LogP contribution is 2.46. The number of hydrogen-bond acceptors (Lipinski definition) is 2. The van der Waals surface area contributed by atoms with Gasteiger partial charge in [0.25, 0.3) is 0 Å². The Morgan fingerprint density at radius 2 is 1.00 bits per heavy atom. The van der Waals surface area contributed by atoms with Crippen LogP contribution in [0.1, 0.15) is 29.5 Å². The summed E-state index contributed by atoms with van der Waals surface area (Å²) < 4.78 is 0. The number of benzene rings is 5. The first-order valence-corrected chi connectivity index (χ1v) is 17.6. The summed E-state index contributed by atoms with van der Waals surface area (Å²) >= 11 is 0. The number of hydrogen-bond donors (Lipinski definition) is 1. The smallest absolute Gasteiger partial charge is 0.117 e. The minimum atomic E-state index is -2.24. The first-order chi connectivity index (χ1) is 20.1. The molecule has 2 atom stereocenters. The third-order valence-electron chi connectivity index (χ3n) is 9.19. The van der Waals surface area contributed by atoms with Crippen LogP contribution in [0.15, 0.2) is 152 Å². The van der Waals surface area contributed by atoms with E-state index in [1.54, 1.807) is 0 Å². The van der Waals surface area contributed by atoms with Crippen molar-refractivity contribution in [2.45, 2.75) is 43.1 Å². The van der Waals surface area contributed by atoms with E-state index in [1.807, 2.05) is 0 Å².